The van der Waals surface area contributed by atoms with Crippen molar-refractivity contribution in [2.45, 2.75) is 18.5 Å². The molecule has 3 N–H and O–H groups in total. The first-order valence-electron chi connectivity index (χ1n) is 21.9. The third-order valence-electron chi connectivity index (χ3n) is 12.2. The van der Waals surface area contributed by atoms with E-state index < -0.39 is 0 Å². The molecule has 2 heterocycles. The zero-order valence-electron chi connectivity index (χ0n) is 35.1. The zero-order chi connectivity index (χ0) is 42.7. The molecule has 0 spiro atoms. The summed E-state index contributed by atoms with van der Waals surface area (Å²) < 4.78 is 0. The molecule has 3 unspecified atom stereocenters. The van der Waals surface area contributed by atoms with E-state index in [9.17, 15) is 0 Å². The highest BCUT2D eigenvalue weighted by atomic mass is 15.3. The molecule has 0 aromatic heterocycles. The quantitative estimate of drug-likeness (QED) is 0.136. The van der Waals surface area contributed by atoms with E-state index >= 15 is 0 Å². The number of amidine groups is 1. The van der Waals surface area contributed by atoms with Gasteiger partial charge in [-0.1, -0.05) is 231 Å². The molecular weight excluding hydrogens is 779 g/mol. The van der Waals surface area contributed by atoms with Crippen LogP contribution in [0.4, 0.5) is 0 Å². The van der Waals surface area contributed by atoms with Gasteiger partial charge in [0.1, 0.15) is 24.3 Å². The van der Waals surface area contributed by atoms with Gasteiger partial charge in [-0.05, 0) is 78.0 Å². The van der Waals surface area contributed by atoms with Crippen LogP contribution in [0, 0.1) is 0 Å². The van der Waals surface area contributed by atoms with Gasteiger partial charge in [0.2, 0.25) is 0 Å². The molecule has 0 amide bonds. The van der Waals surface area contributed by atoms with Crippen molar-refractivity contribution in [3.8, 4) is 33.4 Å². The number of allylic oxidation sites excluding steroid dienone is 1. The van der Waals surface area contributed by atoms with E-state index in [1.54, 1.807) is 0 Å². The standard InChI is InChI=1S/C59H45N5/c1-5-18-43(19-6-1)53-39-54(44-20-7-2-8-21-44)61-56(60-53)47-33-29-41(30-34-47)49-26-15-16-28-52(49)55-50-27-14-13-17-40(50)37-38-51(55)42-31-35-48(36-32-42)59-63-57(45-22-9-3-10-23-45)62-58(64-59)46-24-11-4-12-25-46/h1-39,56-57,59-60,63H,(H,62,64). The summed E-state index contributed by atoms with van der Waals surface area (Å²) in [5, 5.41) is 13.6. The number of nitrogens with zero attached hydrogens (tertiary/aromatic N) is 2. The molecule has 306 valence electrons. The van der Waals surface area contributed by atoms with E-state index in [0.29, 0.717) is 0 Å². The Kier molecular flexibility index (Phi) is 10.5. The summed E-state index contributed by atoms with van der Waals surface area (Å²) in [7, 11) is 0. The number of rotatable bonds is 9. The van der Waals surface area contributed by atoms with E-state index in [-0.39, 0.29) is 18.5 Å². The van der Waals surface area contributed by atoms with Crippen LogP contribution in [-0.2, 0) is 0 Å². The summed E-state index contributed by atoms with van der Waals surface area (Å²) in [6.07, 6.45) is 1.57. The van der Waals surface area contributed by atoms with Crippen LogP contribution in [0.3, 0.4) is 0 Å². The number of aliphatic imine (C=N–C) groups is 2. The molecule has 2 aliphatic heterocycles. The average molecular weight is 824 g/mol. The molecule has 11 rings (SSSR count). The lowest BCUT2D eigenvalue weighted by atomic mass is 9.85. The molecule has 5 heteroatoms. The Hall–Kier alpha value is -8.12. The molecule has 0 saturated heterocycles. The molecular formula is C59H45N5. The maximum Gasteiger partial charge on any atom is 0.145 e. The lowest BCUT2D eigenvalue weighted by Gasteiger charge is -2.32. The molecule has 0 saturated carbocycles. The predicted molar refractivity (Wildman–Crippen MR) is 265 cm³/mol. The molecule has 0 radical (unpaired) electrons. The van der Waals surface area contributed by atoms with Crippen LogP contribution in [0.25, 0.3) is 49.9 Å². The lowest BCUT2D eigenvalue weighted by molar-refractivity contribution is 0.409. The molecule has 3 atom stereocenters. The maximum atomic E-state index is 5.23. The van der Waals surface area contributed by atoms with E-state index in [4.69, 9.17) is 9.98 Å². The fraction of sp³-hybridized carbons (Fsp3) is 0.0508. The molecule has 64 heavy (non-hydrogen) atoms. The zero-order valence-corrected chi connectivity index (χ0v) is 35.1. The normalized spacial score (nSPS) is 17.1. The Labute approximate surface area is 374 Å². The third-order valence-corrected chi connectivity index (χ3v) is 12.2. The van der Waals surface area contributed by atoms with Gasteiger partial charge in [-0.2, -0.15) is 0 Å². The summed E-state index contributed by atoms with van der Waals surface area (Å²) in [6.45, 7) is 0. The van der Waals surface area contributed by atoms with Gasteiger partial charge in [0.25, 0.3) is 0 Å². The van der Waals surface area contributed by atoms with Crippen molar-refractivity contribution in [2.24, 2.45) is 9.98 Å². The van der Waals surface area contributed by atoms with Crippen LogP contribution in [0.2, 0.25) is 0 Å². The van der Waals surface area contributed by atoms with Crippen LogP contribution in [0.5, 0.6) is 0 Å². The predicted octanol–water partition coefficient (Wildman–Crippen LogP) is 13.3. The number of benzene rings is 9. The Morgan fingerprint density at radius 2 is 0.891 bits per heavy atom. The highest BCUT2D eigenvalue weighted by molar-refractivity contribution is 6.13. The highest BCUT2D eigenvalue weighted by Crippen LogP contribution is 2.43. The highest BCUT2D eigenvalue weighted by Gasteiger charge is 2.26. The van der Waals surface area contributed by atoms with Crippen LogP contribution < -0.4 is 16.0 Å². The monoisotopic (exact) mass is 823 g/mol. The third kappa shape index (κ3) is 7.81. The smallest absolute Gasteiger partial charge is 0.145 e. The minimum atomic E-state index is -0.243. The summed E-state index contributed by atoms with van der Waals surface area (Å²) in [5.74, 6) is 0.872. The Morgan fingerprint density at radius 1 is 0.344 bits per heavy atom. The maximum absolute atomic E-state index is 5.23. The largest absolute Gasteiger partial charge is 0.360 e. The van der Waals surface area contributed by atoms with Crippen molar-refractivity contribution in [3.63, 3.8) is 0 Å². The van der Waals surface area contributed by atoms with Crippen LogP contribution >= 0.6 is 0 Å². The number of fused-ring (bicyclic) bond motifs is 1. The van der Waals surface area contributed by atoms with Gasteiger partial charge in [0.15, 0.2) is 0 Å². The van der Waals surface area contributed by atoms with Crippen LogP contribution in [-0.4, -0.2) is 11.5 Å². The van der Waals surface area contributed by atoms with Crippen molar-refractivity contribution in [1.82, 2.24) is 16.0 Å². The van der Waals surface area contributed by atoms with Crippen LogP contribution in [0.1, 0.15) is 51.9 Å². The second-order valence-corrected chi connectivity index (χ2v) is 16.3. The van der Waals surface area contributed by atoms with Gasteiger partial charge in [0, 0.05) is 11.3 Å². The lowest BCUT2D eigenvalue weighted by Crippen LogP contribution is -2.44. The molecule has 0 fully saturated rings. The first-order valence-corrected chi connectivity index (χ1v) is 21.9. The summed E-state index contributed by atoms with van der Waals surface area (Å²) in [6, 6.07) is 81.7. The van der Waals surface area contributed by atoms with Crippen molar-refractivity contribution in [1.29, 1.82) is 0 Å². The van der Waals surface area contributed by atoms with Crippen molar-refractivity contribution < 1.29 is 0 Å². The molecule has 2 aliphatic rings. The molecule has 9 aromatic carbocycles. The van der Waals surface area contributed by atoms with Crippen molar-refractivity contribution >= 4 is 28.0 Å². The van der Waals surface area contributed by atoms with Crippen molar-refractivity contribution in [2.75, 3.05) is 0 Å². The topological polar surface area (TPSA) is 60.8 Å². The van der Waals surface area contributed by atoms with Gasteiger partial charge in [0.05, 0.1) is 5.71 Å². The fourth-order valence-electron chi connectivity index (χ4n) is 8.98. The minimum Gasteiger partial charge on any atom is -0.360 e. The summed E-state index contributed by atoms with van der Waals surface area (Å²) in [5.41, 5.74) is 15.7. The van der Waals surface area contributed by atoms with Gasteiger partial charge < -0.3 is 10.6 Å². The van der Waals surface area contributed by atoms with Crippen LogP contribution in [0.15, 0.2) is 247 Å². The van der Waals surface area contributed by atoms with E-state index in [0.717, 1.165) is 61.8 Å². The summed E-state index contributed by atoms with van der Waals surface area (Å²) in [4.78, 5) is 10.3. The fourth-order valence-corrected chi connectivity index (χ4v) is 8.98. The molecule has 9 aromatic rings. The number of hydrogen-bond donors (Lipinski definition) is 3. The van der Waals surface area contributed by atoms with E-state index in [1.165, 1.54) is 33.0 Å². The van der Waals surface area contributed by atoms with Gasteiger partial charge in [-0.15, -0.1) is 0 Å². The Bertz CT molecular complexity index is 3160. The number of hydrogen-bond acceptors (Lipinski definition) is 5. The van der Waals surface area contributed by atoms with Crippen molar-refractivity contribution in [3.05, 3.63) is 270 Å². The second kappa shape index (κ2) is 17.3. The Balaban J connectivity index is 0.936. The van der Waals surface area contributed by atoms with E-state index in [1.807, 2.05) is 18.2 Å². The van der Waals surface area contributed by atoms with Gasteiger partial charge in [-0.25, -0.2) is 4.99 Å². The summed E-state index contributed by atoms with van der Waals surface area (Å²) >= 11 is 0. The van der Waals surface area contributed by atoms with Gasteiger partial charge >= 0.3 is 0 Å². The minimum absolute atomic E-state index is 0.146. The number of nitrogens with one attached hydrogen (secondary N) is 3. The molecule has 5 nitrogen and oxygen atoms in total. The van der Waals surface area contributed by atoms with E-state index in [2.05, 4.69) is 234 Å². The molecule has 0 aliphatic carbocycles. The average Bonchev–Trinajstić information content (AvgIpc) is 3.39. The first kappa shape index (κ1) is 38.8. The molecule has 0 bridgehead atoms. The Morgan fingerprint density at radius 3 is 1.59 bits per heavy atom. The second-order valence-electron chi connectivity index (χ2n) is 16.3. The van der Waals surface area contributed by atoms with Gasteiger partial charge in [-0.3, -0.25) is 10.3 Å². The first-order chi connectivity index (χ1) is 31.7. The SMILES string of the molecule is C1=C(c2ccccc2)NC(c2ccc(-c3ccccc3-c3c(-c4ccc(C5NC(c6ccccc6)=NC(c6ccccc6)N5)cc4)ccc4ccccc34)cc2)N=C1c1ccccc1.